The minimum absolute atomic E-state index is 0.143. The largest absolute Gasteiger partial charge is 0.497 e. The lowest BCUT2D eigenvalue weighted by atomic mass is 10.1. The highest BCUT2D eigenvalue weighted by Gasteiger charge is 2.15. The first kappa shape index (κ1) is 17.5. The Labute approximate surface area is 160 Å². The summed E-state index contributed by atoms with van der Waals surface area (Å²) >= 11 is 0. The topological polar surface area (TPSA) is 103 Å². The molecule has 140 valence electrons. The number of aromatic amines is 1. The number of esters is 1. The van der Waals surface area contributed by atoms with Crippen molar-refractivity contribution >= 4 is 5.97 Å². The van der Waals surface area contributed by atoms with Crippen LogP contribution >= 0.6 is 0 Å². The molecule has 0 saturated heterocycles. The molecule has 2 aromatic heterocycles. The lowest BCUT2D eigenvalue weighted by Gasteiger charge is -2.00. The van der Waals surface area contributed by atoms with Crippen LogP contribution in [0.2, 0.25) is 0 Å². The average Bonchev–Trinajstić information content (AvgIpc) is 3.43. The van der Waals surface area contributed by atoms with Crippen LogP contribution in [0, 0.1) is 0 Å². The molecule has 0 atom stereocenters. The maximum Gasteiger partial charge on any atom is 0.356 e. The van der Waals surface area contributed by atoms with Crippen LogP contribution in [0.3, 0.4) is 0 Å². The van der Waals surface area contributed by atoms with Gasteiger partial charge in [0.15, 0.2) is 6.61 Å². The predicted molar refractivity (Wildman–Crippen MR) is 99.4 cm³/mol. The Morgan fingerprint density at radius 2 is 1.89 bits per heavy atom. The summed E-state index contributed by atoms with van der Waals surface area (Å²) in [5.74, 6) is 0.700. The lowest BCUT2D eigenvalue weighted by Crippen LogP contribution is -2.05. The van der Waals surface area contributed by atoms with E-state index in [1.165, 1.54) is 0 Å². The van der Waals surface area contributed by atoms with Gasteiger partial charge in [-0.2, -0.15) is 10.1 Å². The first-order valence-corrected chi connectivity index (χ1v) is 8.48. The van der Waals surface area contributed by atoms with Gasteiger partial charge in [-0.15, -0.1) is 0 Å². The normalized spacial score (nSPS) is 10.6. The van der Waals surface area contributed by atoms with E-state index >= 15 is 0 Å². The van der Waals surface area contributed by atoms with Crippen molar-refractivity contribution in [3.63, 3.8) is 0 Å². The fourth-order valence-corrected chi connectivity index (χ4v) is 2.58. The monoisotopic (exact) mass is 376 g/mol. The van der Waals surface area contributed by atoms with Crippen molar-refractivity contribution in [1.29, 1.82) is 0 Å². The number of rotatable bonds is 6. The number of nitrogens with zero attached hydrogens (tertiary/aromatic N) is 3. The molecule has 0 saturated carbocycles. The molecule has 0 unspecified atom stereocenters. The molecule has 0 bridgehead atoms. The maximum atomic E-state index is 12.2. The Bertz CT molecular complexity index is 1090. The average molecular weight is 376 g/mol. The number of H-pyrrole nitrogens is 1. The summed E-state index contributed by atoms with van der Waals surface area (Å²) < 4.78 is 15.6. The van der Waals surface area contributed by atoms with Crippen molar-refractivity contribution in [3.05, 3.63) is 72.2 Å². The number of ether oxygens (including phenoxy) is 2. The molecule has 1 N–H and O–H groups in total. The van der Waals surface area contributed by atoms with E-state index in [1.807, 2.05) is 48.5 Å². The number of benzene rings is 2. The number of aromatic nitrogens is 4. The molecule has 0 aliphatic rings. The molecule has 0 aliphatic carbocycles. The van der Waals surface area contributed by atoms with Crippen molar-refractivity contribution in [2.24, 2.45) is 0 Å². The zero-order chi connectivity index (χ0) is 19.3. The third kappa shape index (κ3) is 3.75. The van der Waals surface area contributed by atoms with Crippen molar-refractivity contribution in [2.75, 3.05) is 7.11 Å². The molecule has 2 aromatic carbocycles. The van der Waals surface area contributed by atoms with Gasteiger partial charge in [0.05, 0.1) is 12.8 Å². The van der Waals surface area contributed by atoms with Crippen LogP contribution in [0.25, 0.3) is 22.6 Å². The molecule has 0 amide bonds. The first-order valence-electron chi connectivity index (χ1n) is 8.48. The van der Waals surface area contributed by atoms with E-state index in [1.54, 1.807) is 19.2 Å². The minimum Gasteiger partial charge on any atom is -0.497 e. The molecular weight excluding hydrogens is 360 g/mol. The molecule has 0 radical (unpaired) electrons. The smallest absolute Gasteiger partial charge is 0.356 e. The summed E-state index contributed by atoms with van der Waals surface area (Å²) in [6.07, 6.45) is 0. The van der Waals surface area contributed by atoms with Gasteiger partial charge in [0.2, 0.25) is 5.82 Å². The Balaban J connectivity index is 1.40. The molecule has 4 aromatic rings. The Morgan fingerprint density at radius 3 is 2.71 bits per heavy atom. The fraction of sp³-hybridized carbons (Fsp3) is 0.100. The standard InChI is InChI=1S/C20H16N4O4/c1-26-15-9-5-8-14(10-15)19-21-18(28-24-19)12-27-20(25)17-11-16(22-23-17)13-6-3-2-4-7-13/h2-11H,12H2,1H3,(H,22,23). The number of hydrogen-bond acceptors (Lipinski definition) is 7. The summed E-state index contributed by atoms with van der Waals surface area (Å²) in [5.41, 5.74) is 2.54. The van der Waals surface area contributed by atoms with Crippen molar-refractivity contribution in [1.82, 2.24) is 20.3 Å². The molecule has 8 nitrogen and oxygen atoms in total. The molecule has 8 heteroatoms. The molecule has 2 heterocycles. The highest BCUT2D eigenvalue weighted by molar-refractivity contribution is 5.88. The molecule has 0 fully saturated rings. The van der Waals surface area contributed by atoms with E-state index < -0.39 is 5.97 Å². The molecular formula is C20H16N4O4. The zero-order valence-electron chi connectivity index (χ0n) is 15.0. The van der Waals surface area contributed by atoms with Crippen LogP contribution in [-0.4, -0.2) is 33.4 Å². The number of hydrogen-bond donors (Lipinski definition) is 1. The van der Waals surface area contributed by atoms with Crippen LogP contribution in [0.1, 0.15) is 16.4 Å². The van der Waals surface area contributed by atoms with Crippen LogP contribution in [0.15, 0.2) is 65.2 Å². The van der Waals surface area contributed by atoms with E-state index in [0.717, 1.165) is 11.1 Å². The number of nitrogens with one attached hydrogen (secondary N) is 1. The van der Waals surface area contributed by atoms with Gasteiger partial charge < -0.3 is 14.0 Å². The quantitative estimate of drug-likeness (QED) is 0.514. The molecule has 28 heavy (non-hydrogen) atoms. The van der Waals surface area contributed by atoms with Crippen LogP contribution in [-0.2, 0) is 11.3 Å². The predicted octanol–water partition coefficient (Wildman–Crippen LogP) is 3.49. The van der Waals surface area contributed by atoms with E-state index in [2.05, 4.69) is 20.3 Å². The lowest BCUT2D eigenvalue weighted by molar-refractivity contribution is 0.0423. The molecule has 0 aliphatic heterocycles. The maximum absolute atomic E-state index is 12.2. The first-order chi connectivity index (χ1) is 13.7. The van der Waals surface area contributed by atoms with E-state index in [-0.39, 0.29) is 18.2 Å². The SMILES string of the molecule is COc1cccc(-c2noc(COC(=O)c3cc(-c4ccccc4)n[nH]3)n2)c1. The van der Waals surface area contributed by atoms with Gasteiger partial charge in [0, 0.05) is 11.1 Å². The number of carbonyl (C=O) groups excluding carboxylic acids is 1. The Morgan fingerprint density at radius 1 is 1.07 bits per heavy atom. The van der Waals surface area contributed by atoms with Crippen LogP contribution < -0.4 is 4.74 Å². The van der Waals surface area contributed by atoms with E-state index in [0.29, 0.717) is 17.3 Å². The van der Waals surface area contributed by atoms with Crippen molar-refractivity contribution in [3.8, 4) is 28.4 Å². The fourth-order valence-electron chi connectivity index (χ4n) is 2.58. The van der Waals surface area contributed by atoms with E-state index in [9.17, 15) is 4.79 Å². The van der Waals surface area contributed by atoms with Gasteiger partial charge in [0.25, 0.3) is 5.89 Å². The highest BCUT2D eigenvalue weighted by atomic mass is 16.6. The highest BCUT2D eigenvalue weighted by Crippen LogP contribution is 2.21. The van der Waals surface area contributed by atoms with Crippen molar-refractivity contribution in [2.45, 2.75) is 6.61 Å². The minimum atomic E-state index is -0.559. The Hall–Kier alpha value is -3.94. The molecule has 0 spiro atoms. The summed E-state index contributed by atoms with van der Waals surface area (Å²) in [4.78, 5) is 16.5. The van der Waals surface area contributed by atoms with Crippen LogP contribution in [0.4, 0.5) is 0 Å². The van der Waals surface area contributed by atoms with Gasteiger partial charge in [-0.1, -0.05) is 47.6 Å². The van der Waals surface area contributed by atoms with Gasteiger partial charge in [-0.3, -0.25) is 5.10 Å². The van der Waals surface area contributed by atoms with Gasteiger partial charge in [-0.05, 0) is 18.2 Å². The van der Waals surface area contributed by atoms with Gasteiger partial charge >= 0.3 is 5.97 Å². The van der Waals surface area contributed by atoms with E-state index in [4.69, 9.17) is 14.0 Å². The third-order valence-corrected chi connectivity index (χ3v) is 3.99. The second kappa shape index (κ2) is 7.75. The van der Waals surface area contributed by atoms with Crippen LogP contribution in [0.5, 0.6) is 5.75 Å². The Kier molecular flexibility index (Phi) is 4.83. The number of methoxy groups -OCH3 is 1. The second-order valence-electron chi connectivity index (χ2n) is 5.85. The van der Waals surface area contributed by atoms with Crippen molar-refractivity contribution < 1.29 is 18.8 Å². The third-order valence-electron chi connectivity index (χ3n) is 3.99. The van der Waals surface area contributed by atoms with Gasteiger partial charge in [0.1, 0.15) is 11.4 Å². The number of carbonyl (C=O) groups is 1. The summed E-state index contributed by atoms with van der Waals surface area (Å²) in [6.45, 7) is -0.143. The summed E-state index contributed by atoms with van der Waals surface area (Å²) in [6, 6.07) is 18.4. The summed E-state index contributed by atoms with van der Waals surface area (Å²) in [5, 5.41) is 10.7. The second-order valence-corrected chi connectivity index (χ2v) is 5.85. The molecule has 4 rings (SSSR count). The van der Waals surface area contributed by atoms with Gasteiger partial charge in [-0.25, -0.2) is 4.79 Å². The zero-order valence-corrected chi connectivity index (χ0v) is 15.0. The summed E-state index contributed by atoms with van der Waals surface area (Å²) in [7, 11) is 1.58.